The molecule has 35 heavy (non-hydrogen) atoms. The number of rotatable bonds is 9. The molecule has 3 rings (SSSR count). The fourth-order valence-corrected chi connectivity index (χ4v) is 4.60. The molecule has 3 aromatic rings. The van der Waals surface area contributed by atoms with E-state index in [1.54, 1.807) is 12.1 Å². The summed E-state index contributed by atoms with van der Waals surface area (Å²) in [5.74, 6) is -2.17. The Morgan fingerprint density at radius 2 is 1.46 bits per heavy atom. The fourth-order valence-electron chi connectivity index (χ4n) is 3.30. The van der Waals surface area contributed by atoms with Gasteiger partial charge in [0.15, 0.2) is 0 Å². The van der Waals surface area contributed by atoms with Gasteiger partial charge < -0.3 is 14.8 Å². The molecule has 10 heteroatoms. The first kappa shape index (κ1) is 25.4. The van der Waals surface area contributed by atoms with Gasteiger partial charge in [0, 0.05) is 6.54 Å². The molecule has 0 aliphatic rings. The zero-order chi connectivity index (χ0) is 25.4. The number of carbonyl (C=O) groups is 3. The summed E-state index contributed by atoms with van der Waals surface area (Å²) in [4.78, 5) is 36.4. The predicted octanol–water partition coefficient (Wildman–Crippen LogP) is 3.03. The van der Waals surface area contributed by atoms with E-state index in [4.69, 9.17) is 0 Å². The van der Waals surface area contributed by atoms with Gasteiger partial charge in [0.05, 0.1) is 36.6 Å². The summed E-state index contributed by atoms with van der Waals surface area (Å²) in [6, 6.07) is 19.1. The van der Waals surface area contributed by atoms with E-state index in [2.05, 4.69) is 19.5 Å². The van der Waals surface area contributed by atoms with Crippen LogP contribution < -0.4 is 10.0 Å². The van der Waals surface area contributed by atoms with Crippen molar-refractivity contribution in [2.75, 3.05) is 25.5 Å². The highest BCUT2D eigenvalue weighted by atomic mass is 32.2. The van der Waals surface area contributed by atoms with Crippen LogP contribution in [-0.4, -0.2) is 47.0 Å². The molecule has 0 radical (unpaired) electrons. The number of ether oxygens (including phenoxy) is 2. The Bertz CT molecular complexity index is 1340. The molecule has 2 N–H and O–H groups in total. The maximum absolute atomic E-state index is 13.3. The highest BCUT2D eigenvalue weighted by Gasteiger charge is 2.26. The Morgan fingerprint density at radius 1 is 0.800 bits per heavy atom. The number of methoxy groups -OCH3 is 2. The number of esters is 2. The molecule has 0 unspecified atom stereocenters. The first-order valence-corrected chi connectivity index (χ1v) is 12.0. The van der Waals surface area contributed by atoms with E-state index >= 15 is 0 Å². The molecule has 0 heterocycles. The maximum atomic E-state index is 13.3. The summed E-state index contributed by atoms with van der Waals surface area (Å²) in [5, 5.41) is 2.77. The third kappa shape index (κ3) is 6.24. The summed E-state index contributed by atoms with van der Waals surface area (Å²) < 4.78 is 38.2. The van der Waals surface area contributed by atoms with Gasteiger partial charge in [-0.3, -0.25) is 9.52 Å². The van der Waals surface area contributed by atoms with Crippen LogP contribution in [0.4, 0.5) is 5.69 Å². The summed E-state index contributed by atoms with van der Waals surface area (Å²) in [6.07, 6.45) is 0.600. The van der Waals surface area contributed by atoms with Gasteiger partial charge in [-0.05, 0) is 42.3 Å². The molecule has 0 saturated carbocycles. The highest BCUT2D eigenvalue weighted by Crippen LogP contribution is 2.24. The lowest BCUT2D eigenvalue weighted by Gasteiger charge is -2.15. The van der Waals surface area contributed by atoms with Gasteiger partial charge in [-0.15, -0.1) is 0 Å². The maximum Gasteiger partial charge on any atom is 0.339 e. The minimum absolute atomic E-state index is 0.00370. The van der Waals surface area contributed by atoms with Crippen LogP contribution in [0.15, 0.2) is 77.7 Å². The highest BCUT2D eigenvalue weighted by molar-refractivity contribution is 7.92. The molecule has 9 nitrogen and oxygen atoms in total. The summed E-state index contributed by atoms with van der Waals surface area (Å²) in [5.41, 5.74) is 0.782. The predicted molar refractivity (Wildman–Crippen MR) is 129 cm³/mol. The lowest BCUT2D eigenvalue weighted by atomic mass is 10.1. The van der Waals surface area contributed by atoms with E-state index < -0.39 is 32.8 Å². The van der Waals surface area contributed by atoms with Gasteiger partial charge >= 0.3 is 11.9 Å². The summed E-state index contributed by atoms with van der Waals surface area (Å²) >= 11 is 0. The van der Waals surface area contributed by atoms with E-state index in [1.807, 2.05) is 30.3 Å². The largest absolute Gasteiger partial charge is 0.465 e. The number of hydrogen-bond donors (Lipinski definition) is 2. The standard InChI is InChI=1S/C25H24N2O7S/c1-33-24(29)18-12-13-20(25(30)34-2)22(16-18)35(31,32)27-21-11-7-6-10-19(21)23(28)26-15-14-17-8-4-3-5-9-17/h3-13,16,27H,14-15H2,1-2H3,(H,26,28). The molecule has 1 amide bonds. The van der Waals surface area contributed by atoms with Crippen LogP contribution in [0.1, 0.15) is 36.6 Å². The van der Waals surface area contributed by atoms with E-state index in [1.165, 1.54) is 18.2 Å². The van der Waals surface area contributed by atoms with Crippen molar-refractivity contribution >= 4 is 33.6 Å². The second-order valence-electron chi connectivity index (χ2n) is 7.34. The van der Waals surface area contributed by atoms with Crippen LogP contribution in [0.5, 0.6) is 0 Å². The molecule has 0 spiro atoms. The Labute approximate surface area is 203 Å². The SMILES string of the molecule is COC(=O)c1ccc(C(=O)OC)c(S(=O)(=O)Nc2ccccc2C(=O)NCCc2ccccc2)c1. The van der Waals surface area contributed by atoms with Crippen molar-refractivity contribution in [1.29, 1.82) is 0 Å². The third-order valence-corrected chi connectivity index (χ3v) is 6.46. The van der Waals surface area contributed by atoms with Gasteiger partial charge in [-0.1, -0.05) is 42.5 Å². The molecule has 0 fully saturated rings. The smallest absolute Gasteiger partial charge is 0.339 e. The van der Waals surface area contributed by atoms with E-state index in [9.17, 15) is 22.8 Å². The topological polar surface area (TPSA) is 128 Å². The van der Waals surface area contributed by atoms with Crippen molar-refractivity contribution < 1.29 is 32.3 Å². The lowest BCUT2D eigenvalue weighted by Crippen LogP contribution is -2.27. The van der Waals surface area contributed by atoms with Crippen LogP contribution in [0.3, 0.4) is 0 Å². The zero-order valence-electron chi connectivity index (χ0n) is 19.1. The molecule has 3 aromatic carbocycles. The second-order valence-corrected chi connectivity index (χ2v) is 8.99. The van der Waals surface area contributed by atoms with E-state index in [-0.39, 0.29) is 22.4 Å². The lowest BCUT2D eigenvalue weighted by molar-refractivity contribution is 0.0583. The van der Waals surface area contributed by atoms with Crippen LogP contribution >= 0.6 is 0 Å². The molecule has 0 aliphatic carbocycles. The van der Waals surface area contributed by atoms with E-state index in [0.29, 0.717) is 13.0 Å². The zero-order valence-corrected chi connectivity index (χ0v) is 19.9. The second kappa shape index (κ2) is 11.3. The fraction of sp³-hybridized carbons (Fsp3) is 0.160. The van der Waals surface area contributed by atoms with Crippen LogP contribution in [-0.2, 0) is 25.9 Å². The minimum Gasteiger partial charge on any atom is -0.465 e. The molecule has 0 aromatic heterocycles. The number of carbonyl (C=O) groups excluding carboxylic acids is 3. The number of hydrogen-bond acceptors (Lipinski definition) is 7. The van der Waals surface area contributed by atoms with Crippen molar-refractivity contribution in [2.24, 2.45) is 0 Å². The van der Waals surface area contributed by atoms with Gasteiger partial charge in [0.25, 0.3) is 15.9 Å². The first-order valence-electron chi connectivity index (χ1n) is 10.5. The van der Waals surface area contributed by atoms with Gasteiger partial charge in [0.2, 0.25) is 0 Å². The molecule has 0 bridgehead atoms. The van der Waals surface area contributed by atoms with Gasteiger partial charge in [-0.25, -0.2) is 18.0 Å². The number of anilines is 1. The van der Waals surface area contributed by atoms with Crippen molar-refractivity contribution in [3.63, 3.8) is 0 Å². The van der Waals surface area contributed by atoms with E-state index in [0.717, 1.165) is 31.9 Å². The average Bonchev–Trinajstić information content (AvgIpc) is 2.88. The average molecular weight is 497 g/mol. The first-order chi connectivity index (χ1) is 16.8. The van der Waals surface area contributed by atoms with Gasteiger partial charge in [0.1, 0.15) is 4.90 Å². The number of amides is 1. The quantitative estimate of drug-likeness (QED) is 0.436. The third-order valence-electron chi connectivity index (χ3n) is 5.06. The van der Waals surface area contributed by atoms with Crippen molar-refractivity contribution in [1.82, 2.24) is 5.32 Å². The molecule has 182 valence electrons. The van der Waals surface area contributed by atoms with Crippen LogP contribution in [0.25, 0.3) is 0 Å². The summed E-state index contributed by atoms with van der Waals surface area (Å²) in [6.45, 7) is 0.345. The van der Waals surface area contributed by atoms with Crippen LogP contribution in [0, 0.1) is 0 Å². The monoisotopic (exact) mass is 496 g/mol. The Kier molecular flexibility index (Phi) is 8.21. The Morgan fingerprint density at radius 3 is 2.14 bits per heavy atom. The Balaban J connectivity index is 1.88. The van der Waals surface area contributed by atoms with Gasteiger partial charge in [-0.2, -0.15) is 0 Å². The number of nitrogens with one attached hydrogen (secondary N) is 2. The van der Waals surface area contributed by atoms with Crippen molar-refractivity contribution in [3.8, 4) is 0 Å². The molecule has 0 atom stereocenters. The van der Waals surface area contributed by atoms with Crippen LogP contribution in [0.2, 0.25) is 0 Å². The normalized spacial score (nSPS) is 10.8. The molecular formula is C25H24N2O7S. The minimum atomic E-state index is -4.42. The number of benzene rings is 3. The van der Waals surface area contributed by atoms with Crippen molar-refractivity contribution in [2.45, 2.75) is 11.3 Å². The number of sulfonamides is 1. The Hall–Kier alpha value is -4.18. The molecule has 0 aliphatic heterocycles. The summed E-state index contributed by atoms with van der Waals surface area (Å²) in [7, 11) is -2.17. The van der Waals surface area contributed by atoms with Crippen molar-refractivity contribution in [3.05, 3.63) is 95.1 Å². The molecule has 0 saturated heterocycles. The molecular weight excluding hydrogens is 472 g/mol. The number of para-hydroxylation sites is 1.